The number of allylic oxidation sites excluding steroid dienone is 2. The summed E-state index contributed by atoms with van der Waals surface area (Å²) in [7, 11) is 0. The molecule has 0 aromatic carbocycles. The molecule has 0 N–H and O–H groups in total. The second kappa shape index (κ2) is 3.02. The van der Waals surface area contributed by atoms with Crippen molar-refractivity contribution in [2.75, 3.05) is 0 Å². The summed E-state index contributed by atoms with van der Waals surface area (Å²) in [6.45, 7) is 4.11. The summed E-state index contributed by atoms with van der Waals surface area (Å²) in [5.41, 5.74) is 2.64. The first-order valence-electron chi connectivity index (χ1n) is 4.74. The van der Waals surface area contributed by atoms with Crippen molar-refractivity contribution in [2.45, 2.75) is 32.8 Å². The lowest BCUT2D eigenvalue weighted by molar-refractivity contribution is -0.177. The van der Waals surface area contributed by atoms with Crippen molar-refractivity contribution in [3.63, 3.8) is 0 Å². The highest BCUT2D eigenvalue weighted by Crippen LogP contribution is 2.43. The van der Waals surface area contributed by atoms with Crippen molar-refractivity contribution in [1.29, 1.82) is 0 Å². The van der Waals surface area contributed by atoms with Gasteiger partial charge in [-0.1, -0.05) is 17.7 Å². The SMILES string of the molecule is C/C=C\CC1=C(C)CC2OC(=O)C12. The van der Waals surface area contributed by atoms with Gasteiger partial charge in [-0.3, -0.25) is 4.79 Å². The fourth-order valence-electron chi connectivity index (χ4n) is 2.14. The van der Waals surface area contributed by atoms with Crippen molar-refractivity contribution in [1.82, 2.24) is 0 Å². The normalized spacial score (nSPS) is 32.0. The molecule has 1 aliphatic heterocycles. The Labute approximate surface area is 78.3 Å². The van der Waals surface area contributed by atoms with Crippen molar-refractivity contribution in [3.05, 3.63) is 23.3 Å². The van der Waals surface area contributed by atoms with E-state index in [-0.39, 0.29) is 18.0 Å². The average molecular weight is 178 g/mol. The van der Waals surface area contributed by atoms with Crippen LogP contribution in [0.2, 0.25) is 0 Å². The number of hydrogen-bond donors (Lipinski definition) is 0. The molecule has 0 saturated carbocycles. The first-order valence-corrected chi connectivity index (χ1v) is 4.74. The van der Waals surface area contributed by atoms with E-state index >= 15 is 0 Å². The van der Waals surface area contributed by atoms with Crippen molar-refractivity contribution in [3.8, 4) is 0 Å². The molecule has 1 fully saturated rings. The smallest absolute Gasteiger partial charge is 0.317 e. The first kappa shape index (κ1) is 8.54. The third-order valence-electron chi connectivity index (χ3n) is 2.90. The van der Waals surface area contributed by atoms with Gasteiger partial charge in [0, 0.05) is 6.42 Å². The summed E-state index contributed by atoms with van der Waals surface area (Å²) in [5, 5.41) is 0. The van der Waals surface area contributed by atoms with Crippen LogP contribution in [-0.4, -0.2) is 12.1 Å². The molecule has 1 saturated heterocycles. The molecule has 0 amide bonds. The summed E-state index contributed by atoms with van der Waals surface area (Å²) >= 11 is 0. The maximum Gasteiger partial charge on any atom is 0.317 e. The Morgan fingerprint density at radius 1 is 1.62 bits per heavy atom. The van der Waals surface area contributed by atoms with Crippen LogP contribution >= 0.6 is 0 Å². The molecule has 2 unspecified atom stereocenters. The molecule has 70 valence electrons. The van der Waals surface area contributed by atoms with Crippen LogP contribution in [0.3, 0.4) is 0 Å². The number of ether oxygens (including phenoxy) is 1. The summed E-state index contributed by atoms with van der Waals surface area (Å²) in [4.78, 5) is 11.2. The van der Waals surface area contributed by atoms with E-state index < -0.39 is 0 Å². The summed E-state index contributed by atoms with van der Waals surface area (Å²) in [6, 6.07) is 0. The van der Waals surface area contributed by atoms with Gasteiger partial charge in [-0.25, -0.2) is 0 Å². The molecule has 13 heavy (non-hydrogen) atoms. The second-order valence-corrected chi connectivity index (χ2v) is 3.74. The van der Waals surface area contributed by atoms with Crippen molar-refractivity contribution < 1.29 is 9.53 Å². The standard InChI is InChI=1S/C11H14O2/c1-3-4-5-8-7(2)6-9-10(8)11(12)13-9/h3-4,9-10H,5-6H2,1-2H3/b4-3-. The van der Waals surface area contributed by atoms with Crippen LogP contribution in [0.15, 0.2) is 23.3 Å². The Morgan fingerprint density at radius 2 is 2.38 bits per heavy atom. The molecule has 2 heteroatoms. The van der Waals surface area contributed by atoms with Crippen LogP contribution in [0.1, 0.15) is 26.7 Å². The van der Waals surface area contributed by atoms with Gasteiger partial charge >= 0.3 is 5.97 Å². The van der Waals surface area contributed by atoms with Crippen LogP contribution in [0.5, 0.6) is 0 Å². The van der Waals surface area contributed by atoms with Crippen LogP contribution < -0.4 is 0 Å². The molecule has 2 atom stereocenters. The van der Waals surface area contributed by atoms with Gasteiger partial charge in [0.2, 0.25) is 0 Å². The highest BCUT2D eigenvalue weighted by Gasteiger charge is 2.48. The lowest BCUT2D eigenvalue weighted by atomic mass is 9.92. The molecule has 2 nitrogen and oxygen atoms in total. The van der Waals surface area contributed by atoms with E-state index in [1.807, 2.05) is 13.0 Å². The minimum absolute atomic E-state index is 0.0265. The van der Waals surface area contributed by atoms with Gasteiger partial charge in [-0.05, 0) is 25.8 Å². The van der Waals surface area contributed by atoms with Crippen LogP contribution in [0, 0.1) is 5.92 Å². The van der Waals surface area contributed by atoms with E-state index in [1.54, 1.807) is 0 Å². The molecule has 0 bridgehead atoms. The van der Waals surface area contributed by atoms with Gasteiger partial charge in [0.15, 0.2) is 0 Å². The molecular formula is C11H14O2. The van der Waals surface area contributed by atoms with Gasteiger partial charge < -0.3 is 4.74 Å². The summed E-state index contributed by atoms with van der Waals surface area (Å²) < 4.78 is 5.04. The molecule has 1 aliphatic carbocycles. The molecule has 0 aromatic heterocycles. The second-order valence-electron chi connectivity index (χ2n) is 3.74. The van der Waals surface area contributed by atoms with Gasteiger partial charge in [0.25, 0.3) is 0 Å². The number of hydrogen-bond acceptors (Lipinski definition) is 2. The Bertz CT molecular complexity index is 299. The largest absolute Gasteiger partial charge is 0.460 e. The summed E-state index contributed by atoms with van der Waals surface area (Å²) in [5.74, 6) is 0.0672. The zero-order valence-corrected chi connectivity index (χ0v) is 8.04. The third kappa shape index (κ3) is 1.21. The Hall–Kier alpha value is -1.05. The molecule has 2 rings (SSSR count). The molecule has 0 radical (unpaired) electrons. The number of rotatable bonds is 2. The average Bonchev–Trinajstić information content (AvgIpc) is 2.34. The fourth-order valence-corrected chi connectivity index (χ4v) is 2.14. The molecule has 0 aromatic rings. The quantitative estimate of drug-likeness (QED) is 0.478. The zero-order valence-electron chi connectivity index (χ0n) is 8.04. The number of carbonyl (C=O) groups is 1. The van der Waals surface area contributed by atoms with E-state index in [0.29, 0.717) is 0 Å². The van der Waals surface area contributed by atoms with E-state index in [2.05, 4.69) is 13.0 Å². The highest BCUT2D eigenvalue weighted by atomic mass is 16.6. The predicted molar refractivity (Wildman–Crippen MR) is 50.1 cm³/mol. The Balaban J connectivity index is 2.14. The maximum atomic E-state index is 11.2. The molecular weight excluding hydrogens is 164 g/mol. The van der Waals surface area contributed by atoms with Crippen molar-refractivity contribution >= 4 is 5.97 Å². The summed E-state index contributed by atoms with van der Waals surface area (Å²) in [6.07, 6.45) is 6.17. The van der Waals surface area contributed by atoms with Crippen LogP contribution in [0.4, 0.5) is 0 Å². The molecule has 0 spiro atoms. The van der Waals surface area contributed by atoms with E-state index in [9.17, 15) is 4.79 Å². The topological polar surface area (TPSA) is 26.3 Å². The minimum Gasteiger partial charge on any atom is -0.460 e. The molecule has 1 heterocycles. The third-order valence-corrected chi connectivity index (χ3v) is 2.90. The van der Waals surface area contributed by atoms with E-state index in [0.717, 1.165) is 12.8 Å². The van der Waals surface area contributed by atoms with Crippen molar-refractivity contribution in [2.24, 2.45) is 5.92 Å². The van der Waals surface area contributed by atoms with E-state index in [1.165, 1.54) is 11.1 Å². The van der Waals surface area contributed by atoms with Gasteiger partial charge in [0.05, 0.1) is 0 Å². The lowest BCUT2D eigenvalue weighted by Crippen LogP contribution is -2.42. The predicted octanol–water partition coefficient (Wildman–Crippen LogP) is 2.21. The first-order chi connectivity index (χ1) is 6.24. The van der Waals surface area contributed by atoms with Crippen LogP contribution in [-0.2, 0) is 9.53 Å². The number of esters is 1. The van der Waals surface area contributed by atoms with Gasteiger partial charge in [0.1, 0.15) is 12.0 Å². The fraction of sp³-hybridized carbons (Fsp3) is 0.545. The molecule has 2 aliphatic rings. The van der Waals surface area contributed by atoms with Gasteiger partial charge in [-0.15, -0.1) is 0 Å². The minimum atomic E-state index is -0.0265. The number of fused-ring (bicyclic) bond motifs is 1. The number of carbonyl (C=O) groups excluding carboxylic acids is 1. The van der Waals surface area contributed by atoms with Gasteiger partial charge in [-0.2, -0.15) is 0 Å². The Morgan fingerprint density at radius 3 is 3.00 bits per heavy atom. The Kier molecular flexibility index (Phi) is 1.98. The maximum absolute atomic E-state index is 11.2. The van der Waals surface area contributed by atoms with E-state index in [4.69, 9.17) is 4.74 Å². The lowest BCUT2D eigenvalue weighted by Gasteiger charge is -2.31. The monoisotopic (exact) mass is 178 g/mol. The van der Waals surface area contributed by atoms with Crippen LogP contribution in [0.25, 0.3) is 0 Å². The zero-order chi connectivity index (χ0) is 9.42. The highest BCUT2D eigenvalue weighted by molar-refractivity contribution is 5.83.